The van der Waals surface area contributed by atoms with E-state index >= 15 is 0 Å². The zero-order chi connectivity index (χ0) is 10.9. The molecular formula is C13H26N2. The van der Waals surface area contributed by atoms with Gasteiger partial charge in [-0.1, -0.05) is 13.8 Å². The van der Waals surface area contributed by atoms with Crippen LogP contribution in [0.15, 0.2) is 0 Å². The van der Waals surface area contributed by atoms with E-state index in [1.54, 1.807) is 0 Å². The predicted molar refractivity (Wildman–Crippen MR) is 64.8 cm³/mol. The second kappa shape index (κ2) is 4.42. The average Bonchev–Trinajstić information content (AvgIpc) is 2.88. The molecule has 0 amide bonds. The van der Waals surface area contributed by atoms with Crippen LogP contribution in [-0.4, -0.2) is 18.1 Å². The zero-order valence-electron chi connectivity index (χ0n) is 10.3. The SMILES string of the molecule is CCC(CC)NC1CCC2(CC1)CC2N. The third-order valence-electron chi connectivity index (χ3n) is 4.69. The summed E-state index contributed by atoms with van der Waals surface area (Å²) >= 11 is 0. The van der Waals surface area contributed by atoms with Crippen LogP contribution < -0.4 is 11.1 Å². The Balaban J connectivity index is 1.74. The summed E-state index contributed by atoms with van der Waals surface area (Å²) in [6.07, 6.45) is 9.26. The van der Waals surface area contributed by atoms with Crippen LogP contribution in [0.1, 0.15) is 58.8 Å². The molecule has 88 valence electrons. The summed E-state index contributed by atoms with van der Waals surface area (Å²) in [7, 11) is 0. The van der Waals surface area contributed by atoms with Gasteiger partial charge in [-0.3, -0.25) is 0 Å². The molecule has 0 saturated heterocycles. The molecule has 0 aliphatic heterocycles. The quantitative estimate of drug-likeness (QED) is 0.748. The molecule has 0 aromatic heterocycles. The summed E-state index contributed by atoms with van der Waals surface area (Å²) in [6, 6.07) is 2.04. The standard InChI is InChI=1S/C13H26N2/c1-3-10(4-2)15-11-5-7-13(8-6-11)9-12(13)14/h10-12,15H,3-9,14H2,1-2H3. The van der Waals surface area contributed by atoms with E-state index in [1.165, 1.54) is 44.9 Å². The molecule has 2 aliphatic rings. The fraction of sp³-hybridized carbons (Fsp3) is 1.00. The second-order valence-electron chi connectivity index (χ2n) is 5.63. The molecule has 1 spiro atoms. The van der Waals surface area contributed by atoms with Gasteiger partial charge in [0, 0.05) is 18.1 Å². The zero-order valence-corrected chi connectivity index (χ0v) is 10.3. The largest absolute Gasteiger partial charge is 0.327 e. The van der Waals surface area contributed by atoms with Crippen molar-refractivity contribution in [1.82, 2.24) is 5.32 Å². The molecule has 2 aliphatic carbocycles. The molecule has 1 atom stereocenters. The molecule has 15 heavy (non-hydrogen) atoms. The summed E-state index contributed by atoms with van der Waals surface area (Å²) in [5.74, 6) is 0. The van der Waals surface area contributed by atoms with Gasteiger partial charge in [0.25, 0.3) is 0 Å². The number of nitrogens with two attached hydrogens (primary N) is 1. The summed E-state index contributed by atoms with van der Waals surface area (Å²) in [4.78, 5) is 0. The first-order chi connectivity index (χ1) is 7.20. The third-order valence-corrected chi connectivity index (χ3v) is 4.69. The average molecular weight is 210 g/mol. The molecule has 3 N–H and O–H groups in total. The van der Waals surface area contributed by atoms with Crippen LogP contribution >= 0.6 is 0 Å². The first kappa shape index (κ1) is 11.4. The third kappa shape index (κ3) is 2.36. The Kier molecular flexibility index (Phi) is 3.36. The van der Waals surface area contributed by atoms with Crippen LogP contribution in [0, 0.1) is 5.41 Å². The molecule has 0 aromatic carbocycles. The van der Waals surface area contributed by atoms with Crippen LogP contribution in [0.25, 0.3) is 0 Å². The van der Waals surface area contributed by atoms with E-state index in [9.17, 15) is 0 Å². The van der Waals surface area contributed by atoms with Crippen LogP contribution in [0.3, 0.4) is 0 Å². The highest BCUT2D eigenvalue weighted by atomic mass is 15.0. The fourth-order valence-electron chi connectivity index (χ4n) is 3.17. The normalized spacial score (nSPS) is 40.0. The lowest BCUT2D eigenvalue weighted by atomic mass is 9.82. The first-order valence-corrected chi connectivity index (χ1v) is 6.72. The van der Waals surface area contributed by atoms with Gasteiger partial charge in [-0.15, -0.1) is 0 Å². The van der Waals surface area contributed by atoms with Crippen molar-refractivity contribution >= 4 is 0 Å². The van der Waals surface area contributed by atoms with E-state index < -0.39 is 0 Å². The first-order valence-electron chi connectivity index (χ1n) is 6.72. The van der Waals surface area contributed by atoms with Crippen molar-refractivity contribution in [1.29, 1.82) is 0 Å². The van der Waals surface area contributed by atoms with Crippen molar-refractivity contribution in [2.24, 2.45) is 11.1 Å². The summed E-state index contributed by atoms with van der Waals surface area (Å²) in [6.45, 7) is 4.56. The monoisotopic (exact) mass is 210 g/mol. The maximum atomic E-state index is 6.01. The smallest absolute Gasteiger partial charge is 0.0102 e. The minimum atomic E-state index is 0.534. The lowest BCUT2D eigenvalue weighted by Gasteiger charge is -2.32. The Hall–Kier alpha value is -0.0800. The highest BCUT2D eigenvalue weighted by molar-refractivity contribution is 5.08. The van der Waals surface area contributed by atoms with Crippen LogP contribution in [0.5, 0.6) is 0 Å². The van der Waals surface area contributed by atoms with Crippen LogP contribution in [0.2, 0.25) is 0 Å². The van der Waals surface area contributed by atoms with Gasteiger partial charge in [0.05, 0.1) is 0 Å². The molecule has 0 aromatic rings. The molecule has 1 unspecified atom stereocenters. The van der Waals surface area contributed by atoms with Crippen molar-refractivity contribution < 1.29 is 0 Å². The van der Waals surface area contributed by atoms with Gasteiger partial charge >= 0.3 is 0 Å². The molecule has 2 saturated carbocycles. The van der Waals surface area contributed by atoms with E-state index in [0.29, 0.717) is 11.5 Å². The molecule has 2 nitrogen and oxygen atoms in total. The van der Waals surface area contributed by atoms with E-state index in [4.69, 9.17) is 5.73 Å². The lowest BCUT2D eigenvalue weighted by Crippen LogP contribution is -2.40. The van der Waals surface area contributed by atoms with Gasteiger partial charge in [0.1, 0.15) is 0 Å². The summed E-state index contributed by atoms with van der Waals surface area (Å²) < 4.78 is 0. The minimum Gasteiger partial charge on any atom is -0.327 e. The van der Waals surface area contributed by atoms with E-state index in [0.717, 1.165) is 12.1 Å². The predicted octanol–water partition coefficient (Wildman–Crippen LogP) is 2.42. The number of rotatable bonds is 4. The van der Waals surface area contributed by atoms with Gasteiger partial charge in [0.2, 0.25) is 0 Å². The van der Waals surface area contributed by atoms with Gasteiger partial charge in [-0.05, 0) is 50.4 Å². The highest BCUT2D eigenvalue weighted by Crippen LogP contribution is 2.55. The van der Waals surface area contributed by atoms with Gasteiger partial charge < -0.3 is 11.1 Å². The lowest BCUT2D eigenvalue weighted by molar-refractivity contribution is 0.249. The Labute approximate surface area is 94.0 Å². The van der Waals surface area contributed by atoms with Crippen LogP contribution in [0.4, 0.5) is 0 Å². The molecule has 0 heterocycles. The summed E-state index contributed by atoms with van der Waals surface area (Å²) in [5.41, 5.74) is 6.60. The second-order valence-corrected chi connectivity index (χ2v) is 5.63. The Morgan fingerprint density at radius 2 is 1.80 bits per heavy atom. The van der Waals surface area contributed by atoms with E-state index in [1.807, 2.05) is 0 Å². The molecule has 0 radical (unpaired) electrons. The van der Waals surface area contributed by atoms with E-state index in [-0.39, 0.29) is 0 Å². The summed E-state index contributed by atoms with van der Waals surface area (Å²) in [5, 5.41) is 3.79. The number of hydrogen-bond acceptors (Lipinski definition) is 2. The van der Waals surface area contributed by atoms with Crippen LogP contribution in [-0.2, 0) is 0 Å². The number of nitrogens with one attached hydrogen (secondary N) is 1. The van der Waals surface area contributed by atoms with Gasteiger partial charge in [-0.25, -0.2) is 0 Å². The van der Waals surface area contributed by atoms with Crippen molar-refractivity contribution in [2.75, 3.05) is 0 Å². The van der Waals surface area contributed by atoms with Gasteiger partial charge in [-0.2, -0.15) is 0 Å². The molecular weight excluding hydrogens is 184 g/mol. The maximum absolute atomic E-state index is 6.01. The van der Waals surface area contributed by atoms with E-state index in [2.05, 4.69) is 19.2 Å². The maximum Gasteiger partial charge on any atom is 0.0102 e. The molecule has 0 bridgehead atoms. The van der Waals surface area contributed by atoms with Crippen molar-refractivity contribution in [3.8, 4) is 0 Å². The van der Waals surface area contributed by atoms with Crippen molar-refractivity contribution in [3.63, 3.8) is 0 Å². The Bertz CT molecular complexity index is 203. The molecule has 2 heteroatoms. The van der Waals surface area contributed by atoms with Gasteiger partial charge in [0.15, 0.2) is 0 Å². The number of hydrogen-bond donors (Lipinski definition) is 2. The molecule has 2 fully saturated rings. The fourth-order valence-corrected chi connectivity index (χ4v) is 3.17. The Morgan fingerprint density at radius 1 is 1.27 bits per heavy atom. The highest BCUT2D eigenvalue weighted by Gasteiger charge is 2.52. The minimum absolute atomic E-state index is 0.534. The topological polar surface area (TPSA) is 38.0 Å². The molecule has 2 rings (SSSR count). The Morgan fingerprint density at radius 3 is 2.20 bits per heavy atom. The van der Waals surface area contributed by atoms with Crippen molar-refractivity contribution in [2.45, 2.75) is 76.9 Å². The van der Waals surface area contributed by atoms with Crippen molar-refractivity contribution in [3.05, 3.63) is 0 Å².